The third kappa shape index (κ3) is 2.29. The van der Waals surface area contributed by atoms with E-state index >= 15 is 0 Å². The molecule has 0 aromatic heterocycles. The van der Waals surface area contributed by atoms with Gasteiger partial charge in [-0.3, -0.25) is 0 Å². The quantitative estimate of drug-likeness (QED) is 0.926. The molecule has 1 heterocycles. The molecule has 3 rings (SSSR count). The van der Waals surface area contributed by atoms with Gasteiger partial charge in [0.2, 0.25) is 9.84 Å². The van der Waals surface area contributed by atoms with Crippen molar-refractivity contribution in [1.29, 1.82) is 0 Å². The lowest BCUT2D eigenvalue weighted by Crippen LogP contribution is -2.18. The molecule has 1 N–H and O–H groups in total. The van der Waals surface area contributed by atoms with Crippen LogP contribution in [0, 0.1) is 6.92 Å². The van der Waals surface area contributed by atoms with Gasteiger partial charge in [0.05, 0.1) is 10.5 Å². The van der Waals surface area contributed by atoms with Crippen LogP contribution in [0.15, 0.2) is 58.3 Å². The summed E-state index contributed by atoms with van der Waals surface area (Å²) >= 11 is 0. The zero-order chi connectivity index (χ0) is 15.0. The molecule has 108 valence electrons. The SMILES string of the molecule is Cc1ccc(S(=O)(=O)C2=C(O)c3ccccc3OC2)cc1. The van der Waals surface area contributed by atoms with Gasteiger partial charge in [0.25, 0.3) is 0 Å². The summed E-state index contributed by atoms with van der Waals surface area (Å²) < 4.78 is 30.7. The molecule has 4 nitrogen and oxygen atoms in total. The van der Waals surface area contributed by atoms with Gasteiger partial charge in [-0.25, -0.2) is 8.42 Å². The topological polar surface area (TPSA) is 63.6 Å². The van der Waals surface area contributed by atoms with Crippen LogP contribution < -0.4 is 4.74 Å². The smallest absolute Gasteiger partial charge is 0.209 e. The Hall–Kier alpha value is -2.27. The van der Waals surface area contributed by atoms with Crippen molar-refractivity contribution in [2.45, 2.75) is 11.8 Å². The van der Waals surface area contributed by atoms with Crippen LogP contribution in [0.1, 0.15) is 11.1 Å². The van der Waals surface area contributed by atoms with Crippen molar-refractivity contribution in [1.82, 2.24) is 0 Å². The van der Waals surface area contributed by atoms with E-state index in [1.807, 2.05) is 6.92 Å². The van der Waals surface area contributed by atoms with Gasteiger partial charge in [-0.1, -0.05) is 29.8 Å². The number of aryl methyl sites for hydroxylation is 1. The number of rotatable bonds is 2. The van der Waals surface area contributed by atoms with Gasteiger partial charge in [0.15, 0.2) is 0 Å². The molecular weight excluding hydrogens is 288 g/mol. The number of aliphatic hydroxyl groups excluding tert-OH is 1. The Bertz CT molecular complexity index is 818. The summed E-state index contributed by atoms with van der Waals surface area (Å²) in [5, 5.41) is 10.3. The van der Waals surface area contributed by atoms with Crippen LogP contribution in [0.3, 0.4) is 0 Å². The van der Waals surface area contributed by atoms with Crippen molar-refractivity contribution in [3.63, 3.8) is 0 Å². The highest BCUT2D eigenvalue weighted by Crippen LogP contribution is 2.35. The maximum Gasteiger partial charge on any atom is 0.209 e. The molecule has 0 spiro atoms. The molecule has 0 fully saturated rings. The Morgan fingerprint density at radius 1 is 1.05 bits per heavy atom. The summed E-state index contributed by atoms with van der Waals surface area (Å²) in [6, 6.07) is 13.3. The van der Waals surface area contributed by atoms with E-state index in [2.05, 4.69) is 0 Å². The second kappa shape index (κ2) is 4.93. The summed E-state index contributed by atoms with van der Waals surface area (Å²) in [5.41, 5.74) is 1.37. The number of hydrogen-bond donors (Lipinski definition) is 1. The molecular formula is C16H14O4S. The fourth-order valence-electron chi connectivity index (χ4n) is 2.21. The van der Waals surface area contributed by atoms with Gasteiger partial charge >= 0.3 is 0 Å². The van der Waals surface area contributed by atoms with Crippen LogP contribution >= 0.6 is 0 Å². The largest absolute Gasteiger partial charge is 0.506 e. The van der Waals surface area contributed by atoms with E-state index in [-0.39, 0.29) is 22.2 Å². The van der Waals surface area contributed by atoms with Crippen molar-refractivity contribution in [3.8, 4) is 5.75 Å². The minimum Gasteiger partial charge on any atom is -0.506 e. The average Bonchev–Trinajstić information content (AvgIpc) is 2.48. The predicted octanol–water partition coefficient (Wildman–Crippen LogP) is 3.09. The maximum atomic E-state index is 12.6. The predicted molar refractivity (Wildman–Crippen MR) is 79.9 cm³/mol. The van der Waals surface area contributed by atoms with Gasteiger partial charge in [0, 0.05) is 0 Å². The third-order valence-electron chi connectivity index (χ3n) is 3.42. The second-order valence-corrected chi connectivity index (χ2v) is 6.84. The minimum absolute atomic E-state index is 0.106. The summed E-state index contributed by atoms with van der Waals surface area (Å²) in [6.07, 6.45) is 0. The Labute approximate surface area is 123 Å². The highest BCUT2D eigenvalue weighted by Gasteiger charge is 2.30. The van der Waals surface area contributed by atoms with Crippen LogP contribution in [0.5, 0.6) is 5.75 Å². The van der Waals surface area contributed by atoms with Gasteiger partial charge < -0.3 is 9.84 Å². The van der Waals surface area contributed by atoms with E-state index in [0.717, 1.165) is 5.56 Å². The molecule has 0 atom stereocenters. The molecule has 2 aromatic carbocycles. The van der Waals surface area contributed by atoms with Gasteiger partial charge in [-0.2, -0.15) is 0 Å². The Morgan fingerprint density at radius 3 is 2.43 bits per heavy atom. The van der Waals surface area contributed by atoms with Crippen molar-refractivity contribution in [2.75, 3.05) is 6.61 Å². The fraction of sp³-hybridized carbons (Fsp3) is 0.125. The zero-order valence-corrected chi connectivity index (χ0v) is 12.2. The molecule has 0 bridgehead atoms. The highest BCUT2D eigenvalue weighted by atomic mass is 32.2. The number of fused-ring (bicyclic) bond motifs is 1. The average molecular weight is 302 g/mol. The molecule has 21 heavy (non-hydrogen) atoms. The Kier molecular flexibility index (Phi) is 3.22. The summed E-state index contributed by atoms with van der Waals surface area (Å²) in [7, 11) is -3.77. The molecule has 5 heteroatoms. The highest BCUT2D eigenvalue weighted by molar-refractivity contribution is 7.95. The van der Waals surface area contributed by atoms with Crippen molar-refractivity contribution in [3.05, 3.63) is 64.6 Å². The van der Waals surface area contributed by atoms with Gasteiger partial charge in [-0.05, 0) is 31.2 Å². The van der Waals surface area contributed by atoms with Crippen LogP contribution in [0.2, 0.25) is 0 Å². The van der Waals surface area contributed by atoms with E-state index in [1.165, 1.54) is 12.1 Å². The number of aliphatic hydroxyl groups is 1. The van der Waals surface area contributed by atoms with Crippen molar-refractivity contribution < 1.29 is 18.3 Å². The number of para-hydroxylation sites is 1. The molecule has 2 aromatic rings. The molecule has 1 aliphatic heterocycles. The number of sulfone groups is 1. The lowest BCUT2D eigenvalue weighted by molar-refractivity contribution is 0.340. The zero-order valence-electron chi connectivity index (χ0n) is 11.4. The molecule has 0 aliphatic carbocycles. The second-order valence-electron chi connectivity index (χ2n) is 4.87. The van der Waals surface area contributed by atoms with E-state index in [9.17, 15) is 13.5 Å². The van der Waals surface area contributed by atoms with E-state index in [0.29, 0.717) is 11.3 Å². The molecule has 1 aliphatic rings. The third-order valence-corrected chi connectivity index (χ3v) is 5.27. The van der Waals surface area contributed by atoms with Crippen molar-refractivity contribution in [2.24, 2.45) is 0 Å². The monoisotopic (exact) mass is 302 g/mol. The van der Waals surface area contributed by atoms with E-state index < -0.39 is 9.84 Å². The number of hydrogen-bond acceptors (Lipinski definition) is 4. The first-order chi connectivity index (χ1) is 10.00. The molecule has 0 saturated carbocycles. The Morgan fingerprint density at radius 2 is 1.71 bits per heavy atom. The molecule has 0 radical (unpaired) electrons. The van der Waals surface area contributed by atoms with Crippen LogP contribution in [-0.4, -0.2) is 20.1 Å². The maximum absolute atomic E-state index is 12.6. The first-order valence-corrected chi connectivity index (χ1v) is 7.94. The van der Waals surface area contributed by atoms with Crippen LogP contribution in [-0.2, 0) is 9.84 Å². The summed E-state index contributed by atoms with van der Waals surface area (Å²) in [4.78, 5) is 0.0442. The van der Waals surface area contributed by atoms with Crippen molar-refractivity contribution >= 4 is 15.6 Å². The lowest BCUT2D eigenvalue weighted by atomic mass is 10.1. The van der Waals surface area contributed by atoms with Crippen LogP contribution in [0.4, 0.5) is 0 Å². The number of ether oxygens (including phenoxy) is 1. The lowest BCUT2D eigenvalue weighted by Gasteiger charge is -2.20. The molecule has 0 saturated heterocycles. The van der Waals surface area contributed by atoms with E-state index in [4.69, 9.17) is 4.74 Å². The summed E-state index contributed by atoms with van der Waals surface area (Å²) in [6.45, 7) is 1.71. The van der Waals surface area contributed by atoms with Gasteiger partial charge in [-0.15, -0.1) is 0 Å². The number of benzene rings is 2. The molecule has 0 amide bonds. The van der Waals surface area contributed by atoms with Gasteiger partial charge in [0.1, 0.15) is 23.0 Å². The standard InChI is InChI=1S/C16H14O4S/c1-11-6-8-12(9-7-11)21(18,19)15-10-20-14-5-3-2-4-13(14)16(15)17/h2-9,17H,10H2,1H3. The fourth-order valence-corrected chi connectivity index (χ4v) is 3.57. The van der Waals surface area contributed by atoms with E-state index in [1.54, 1.807) is 36.4 Å². The first-order valence-electron chi connectivity index (χ1n) is 6.46. The Balaban J connectivity index is 2.14. The van der Waals surface area contributed by atoms with Crippen LogP contribution in [0.25, 0.3) is 5.76 Å². The molecule has 0 unspecified atom stereocenters. The normalized spacial score (nSPS) is 14.5. The summed E-state index contributed by atoms with van der Waals surface area (Å²) in [5.74, 6) is 0.246. The first kappa shape index (κ1) is 13.7. The minimum atomic E-state index is -3.77.